The van der Waals surface area contributed by atoms with Crippen LogP contribution in [0.5, 0.6) is 0 Å². The SMILES string of the molecule is O=S(=O)(N1CCCC1)N1CCN(Cc2cccc(Cl)c2)CC1. The minimum Gasteiger partial charge on any atom is -0.296 e. The third-order valence-corrected chi connectivity index (χ3v) is 6.61. The largest absolute Gasteiger partial charge is 0.296 e. The summed E-state index contributed by atoms with van der Waals surface area (Å²) >= 11 is 6.01. The molecule has 3 rings (SSSR count). The molecular weight excluding hydrogens is 322 g/mol. The summed E-state index contributed by atoms with van der Waals surface area (Å²) in [4.78, 5) is 2.28. The second-order valence-electron chi connectivity index (χ2n) is 5.92. The topological polar surface area (TPSA) is 43.9 Å². The average molecular weight is 344 g/mol. The van der Waals surface area contributed by atoms with Crippen LogP contribution in [-0.4, -0.2) is 61.2 Å². The summed E-state index contributed by atoms with van der Waals surface area (Å²) in [5.41, 5.74) is 1.17. The third kappa shape index (κ3) is 3.63. The molecule has 2 aliphatic rings. The van der Waals surface area contributed by atoms with Crippen LogP contribution in [0.15, 0.2) is 24.3 Å². The molecule has 0 atom stereocenters. The summed E-state index contributed by atoms with van der Waals surface area (Å²) in [6.45, 7) is 4.83. The summed E-state index contributed by atoms with van der Waals surface area (Å²) < 4.78 is 28.3. The van der Waals surface area contributed by atoms with Crippen molar-refractivity contribution < 1.29 is 8.42 Å². The van der Waals surface area contributed by atoms with E-state index < -0.39 is 10.2 Å². The van der Waals surface area contributed by atoms with Gasteiger partial charge in [-0.05, 0) is 30.5 Å². The molecule has 22 heavy (non-hydrogen) atoms. The van der Waals surface area contributed by atoms with Crippen LogP contribution in [0, 0.1) is 0 Å². The van der Waals surface area contributed by atoms with Gasteiger partial charge in [0.1, 0.15) is 0 Å². The highest BCUT2D eigenvalue weighted by atomic mass is 35.5. The molecule has 0 N–H and O–H groups in total. The lowest BCUT2D eigenvalue weighted by Gasteiger charge is -2.35. The Morgan fingerprint density at radius 2 is 1.59 bits per heavy atom. The van der Waals surface area contributed by atoms with E-state index in [9.17, 15) is 8.42 Å². The smallest absolute Gasteiger partial charge is 0.282 e. The monoisotopic (exact) mass is 343 g/mol. The van der Waals surface area contributed by atoms with Crippen LogP contribution in [-0.2, 0) is 16.8 Å². The maximum atomic E-state index is 12.5. The average Bonchev–Trinajstić information content (AvgIpc) is 3.03. The number of piperazine rings is 1. The van der Waals surface area contributed by atoms with E-state index in [0.717, 1.165) is 37.5 Å². The Bertz CT molecular complexity index is 609. The molecule has 2 aliphatic heterocycles. The van der Waals surface area contributed by atoms with Gasteiger partial charge in [0.25, 0.3) is 10.2 Å². The molecule has 5 nitrogen and oxygen atoms in total. The molecule has 0 unspecified atom stereocenters. The van der Waals surface area contributed by atoms with Crippen molar-refractivity contribution in [2.75, 3.05) is 39.3 Å². The predicted octanol–water partition coefficient (Wildman–Crippen LogP) is 1.80. The molecule has 1 aromatic carbocycles. The van der Waals surface area contributed by atoms with Gasteiger partial charge in [0, 0.05) is 50.8 Å². The maximum absolute atomic E-state index is 12.5. The van der Waals surface area contributed by atoms with E-state index >= 15 is 0 Å². The van der Waals surface area contributed by atoms with Crippen molar-refractivity contribution in [2.24, 2.45) is 0 Å². The van der Waals surface area contributed by atoms with Crippen LogP contribution >= 0.6 is 11.6 Å². The van der Waals surface area contributed by atoms with E-state index in [1.165, 1.54) is 5.56 Å². The molecule has 7 heteroatoms. The zero-order valence-corrected chi connectivity index (χ0v) is 14.2. The molecule has 0 aliphatic carbocycles. The molecule has 0 radical (unpaired) electrons. The molecule has 0 amide bonds. The minimum atomic E-state index is -3.25. The van der Waals surface area contributed by atoms with Crippen molar-refractivity contribution >= 4 is 21.8 Å². The molecule has 0 spiro atoms. The van der Waals surface area contributed by atoms with Crippen molar-refractivity contribution in [3.05, 3.63) is 34.9 Å². The van der Waals surface area contributed by atoms with Crippen LogP contribution in [0.25, 0.3) is 0 Å². The lowest BCUT2D eigenvalue weighted by atomic mass is 10.2. The molecule has 2 fully saturated rings. The summed E-state index contributed by atoms with van der Waals surface area (Å²) in [5.74, 6) is 0. The van der Waals surface area contributed by atoms with Crippen molar-refractivity contribution in [1.29, 1.82) is 0 Å². The summed E-state index contributed by atoms with van der Waals surface area (Å²) in [6, 6.07) is 7.84. The normalized spacial score (nSPS) is 22.2. The van der Waals surface area contributed by atoms with Crippen LogP contribution in [0.3, 0.4) is 0 Å². The maximum Gasteiger partial charge on any atom is 0.282 e. The molecular formula is C15H22ClN3O2S. The molecule has 2 heterocycles. The van der Waals surface area contributed by atoms with Crippen molar-refractivity contribution in [3.8, 4) is 0 Å². The van der Waals surface area contributed by atoms with Gasteiger partial charge in [0.2, 0.25) is 0 Å². The zero-order valence-electron chi connectivity index (χ0n) is 12.6. The van der Waals surface area contributed by atoms with Gasteiger partial charge >= 0.3 is 0 Å². The molecule has 122 valence electrons. The van der Waals surface area contributed by atoms with Gasteiger partial charge in [-0.3, -0.25) is 4.90 Å². The van der Waals surface area contributed by atoms with Gasteiger partial charge in [-0.25, -0.2) is 0 Å². The van der Waals surface area contributed by atoms with Gasteiger partial charge in [-0.2, -0.15) is 17.0 Å². The van der Waals surface area contributed by atoms with Gasteiger partial charge in [0.15, 0.2) is 0 Å². The number of halogens is 1. The molecule has 0 saturated carbocycles. The summed E-state index contributed by atoms with van der Waals surface area (Å²) in [7, 11) is -3.25. The lowest BCUT2D eigenvalue weighted by molar-refractivity contribution is 0.176. The number of hydrogen-bond donors (Lipinski definition) is 0. The first-order valence-corrected chi connectivity index (χ1v) is 9.55. The first-order valence-electron chi connectivity index (χ1n) is 7.78. The summed E-state index contributed by atoms with van der Waals surface area (Å²) in [6.07, 6.45) is 1.96. The second-order valence-corrected chi connectivity index (χ2v) is 8.28. The highest BCUT2D eigenvalue weighted by Crippen LogP contribution is 2.19. The molecule has 1 aromatic rings. The van der Waals surface area contributed by atoms with Gasteiger partial charge in [-0.15, -0.1) is 0 Å². The zero-order chi connectivity index (χ0) is 15.6. The van der Waals surface area contributed by atoms with E-state index in [-0.39, 0.29) is 0 Å². The molecule has 0 aromatic heterocycles. The third-order valence-electron chi connectivity index (χ3n) is 4.34. The number of hydrogen-bond acceptors (Lipinski definition) is 3. The van der Waals surface area contributed by atoms with Crippen molar-refractivity contribution in [2.45, 2.75) is 19.4 Å². The van der Waals surface area contributed by atoms with E-state index in [2.05, 4.69) is 11.0 Å². The Hall–Kier alpha value is -0.660. The van der Waals surface area contributed by atoms with E-state index in [1.54, 1.807) is 8.61 Å². The highest BCUT2D eigenvalue weighted by molar-refractivity contribution is 7.86. The van der Waals surface area contributed by atoms with Crippen LogP contribution < -0.4 is 0 Å². The van der Waals surface area contributed by atoms with Crippen molar-refractivity contribution in [3.63, 3.8) is 0 Å². The van der Waals surface area contributed by atoms with E-state index in [0.29, 0.717) is 26.2 Å². The number of nitrogens with zero attached hydrogens (tertiary/aromatic N) is 3. The lowest BCUT2D eigenvalue weighted by Crippen LogP contribution is -2.52. The van der Waals surface area contributed by atoms with Gasteiger partial charge in [-0.1, -0.05) is 23.7 Å². The fourth-order valence-electron chi connectivity index (χ4n) is 3.09. The van der Waals surface area contributed by atoms with Crippen molar-refractivity contribution in [1.82, 2.24) is 13.5 Å². The molecule has 0 bridgehead atoms. The van der Waals surface area contributed by atoms with Crippen LogP contribution in [0.4, 0.5) is 0 Å². The van der Waals surface area contributed by atoms with Crippen LogP contribution in [0.1, 0.15) is 18.4 Å². The Kier molecular flexibility index (Phi) is 5.04. The number of rotatable bonds is 4. The Balaban J connectivity index is 1.56. The fourth-order valence-corrected chi connectivity index (χ4v) is 4.98. The Labute approximate surface area is 137 Å². The Morgan fingerprint density at radius 3 is 2.23 bits per heavy atom. The van der Waals surface area contributed by atoms with E-state index in [1.807, 2.05) is 18.2 Å². The standard InChI is InChI=1S/C15H22ClN3O2S/c16-15-5-3-4-14(12-15)13-17-8-10-19(11-9-17)22(20,21)18-6-1-2-7-18/h3-5,12H,1-2,6-11,13H2. The van der Waals surface area contributed by atoms with Crippen LogP contribution in [0.2, 0.25) is 5.02 Å². The predicted molar refractivity (Wildman–Crippen MR) is 88.0 cm³/mol. The summed E-state index contributed by atoms with van der Waals surface area (Å²) in [5, 5.41) is 0.743. The van der Waals surface area contributed by atoms with Gasteiger partial charge in [0.05, 0.1) is 0 Å². The quantitative estimate of drug-likeness (QED) is 0.837. The number of benzene rings is 1. The Morgan fingerprint density at radius 1 is 0.955 bits per heavy atom. The minimum absolute atomic E-state index is 0.569. The second kappa shape index (κ2) is 6.84. The highest BCUT2D eigenvalue weighted by Gasteiger charge is 2.33. The molecule has 2 saturated heterocycles. The van der Waals surface area contributed by atoms with E-state index in [4.69, 9.17) is 11.6 Å². The first kappa shape index (κ1) is 16.2. The first-order chi connectivity index (χ1) is 10.6. The van der Waals surface area contributed by atoms with Gasteiger partial charge < -0.3 is 0 Å². The fraction of sp³-hybridized carbons (Fsp3) is 0.600.